The molecule has 0 radical (unpaired) electrons. The Hall–Kier alpha value is -1.79. The van der Waals surface area contributed by atoms with E-state index in [-0.39, 0.29) is 4.99 Å². The molecule has 19 heavy (non-hydrogen) atoms. The first-order valence-corrected chi connectivity index (χ1v) is 6.36. The fourth-order valence-electron chi connectivity index (χ4n) is 1.73. The van der Waals surface area contributed by atoms with Gasteiger partial charge in [-0.25, -0.2) is 0 Å². The Labute approximate surface area is 116 Å². The molecule has 0 atom stereocenters. The van der Waals surface area contributed by atoms with Crippen molar-refractivity contribution in [2.75, 3.05) is 26.3 Å². The predicted octanol–water partition coefficient (Wildman–Crippen LogP) is 0.603. The van der Waals surface area contributed by atoms with Crippen LogP contribution >= 0.6 is 12.2 Å². The van der Waals surface area contributed by atoms with Crippen LogP contribution in [0.2, 0.25) is 0 Å². The van der Waals surface area contributed by atoms with E-state index in [9.17, 15) is 9.59 Å². The van der Waals surface area contributed by atoms with Crippen molar-refractivity contribution >= 4 is 29.0 Å². The Morgan fingerprint density at radius 3 is 2.42 bits per heavy atom. The van der Waals surface area contributed by atoms with Gasteiger partial charge in [0, 0.05) is 18.7 Å². The van der Waals surface area contributed by atoms with Crippen LogP contribution in [0.3, 0.4) is 0 Å². The van der Waals surface area contributed by atoms with Crippen LogP contribution in [0.25, 0.3) is 0 Å². The molecule has 0 unspecified atom stereocenters. The number of ether oxygens (including phenoxy) is 1. The van der Waals surface area contributed by atoms with Crippen LogP contribution < -0.4 is 5.32 Å². The lowest BCUT2D eigenvalue weighted by molar-refractivity contribution is -0.114. The molecule has 0 bridgehead atoms. The quantitative estimate of drug-likeness (QED) is 0.763. The summed E-state index contributed by atoms with van der Waals surface area (Å²) in [5, 5.41) is 2.29. The summed E-state index contributed by atoms with van der Waals surface area (Å²) in [5.74, 6) is -0.980. The van der Waals surface area contributed by atoms with E-state index in [1.165, 1.54) is 0 Å². The molecule has 0 aliphatic carbocycles. The molecule has 1 aliphatic rings. The fourth-order valence-corrected chi connectivity index (χ4v) is 1.96. The van der Waals surface area contributed by atoms with Gasteiger partial charge in [0.1, 0.15) is 0 Å². The maximum absolute atomic E-state index is 11.9. The monoisotopic (exact) mass is 278 g/mol. The van der Waals surface area contributed by atoms with Gasteiger partial charge in [0.15, 0.2) is 4.99 Å². The second-order valence-corrected chi connectivity index (χ2v) is 4.44. The number of hydrogen-bond donors (Lipinski definition) is 1. The zero-order chi connectivity index (χ0) is 13.7. The number of rotatable bonds is 1. The minimum absolute atomic E-state index is 0.132. The van der Waals surface area contributed by atoms with E-state index in [1.807, 2.05) is 0 Å². The molecule has 1 aliphatic heterocycles. The van der Waals surface area contributed by atoms with Crippen molar-refractivity contribution in [2.24, 2.45) is 0 Å². The molecule has 2 amide bonds. The minimum atomic E-state index is -0.536. The molecule has 1 saturated heterocycles. The van der Waals surface area contributed by atoms with E-state index >= 15 is 0 Å². The maximum atomic E-state index is 11.9. The molecule has 1 N–H and O–H groups in total. The van der Waals surface area contributed by atoms with Crippen LogP contribution in [0.15, 0.2) is 30.3 Å². The summed E-state index contributed by atoms with van der Waals surface area (Å²) >= 11 is 5.07. The smallest absolute Gasteiger partial charge is 0.285 e. The number of thiocarbonyl (C=S) groups is 1. The van der Waals surface area contributed by atoms with Crippen LogP contribution in [0, 0.1) is 0 Å². The van der Waals surface area contributed by atoms with Crippen LogP contribution in [0.4, 0.5) is 0 Å². The molecule has 100 valence electrons. The van der Waals surface area contributed by atoms with Crippen molar-refractivity contribution in [1.82, 2.24) is 10.2 Å². The Bertz CT molecular complexity index is 484. The number of morpholine rings is 1. The lowest BCUT2D eigenvalue weighted by Gasteiger charge is -2.28. The van der Waals surface area contributed by atoms with Crippen molar-refractivity contribution in [3.8, 4) is 0 Å². The van der Waals surface area contributed by atoms with Crippen LogP contribution in [-0.4, -0.2) is 48.0 Å². The zero-order valence-electron chi connectivity index (χ0n) is 10.3. The molecule has 0 spiro atoms. The van der Waals surface area contributed by atoms with Gasteiger partial charge in [-0.05, 0) is 12.1 Å². The van der Waals surface area contributed by atoms with Gasteiger partial charge < -0.3 is 9.64 Å². The number of amides is 2. The van der Waals surface area contributed by atoms with Crippen LogP contribution in [-0.2, 0) is 9.53 Å². The third kappa shape index (κ3) is 3.59. The molecule has 1 aromatic rings. The van der Waals surface area contributed by atoms with E-state index in [2.05, 4.69) is 5.32 Å². The Morgan fingerprint density at radius 1 is 1.16 bits per heavy atom. The fraction of sp³-hybridized carbons (Fsp3) is 0.308. The van der Waals surface area contributed by atoms with E-state index in [4.69, 9.17) is 17.0 Å². The van der Waals surface area contributed by atoms with Crippen molar-refractivity contribution in [1.29, 1.82) is 0 Å². The normalized spacial score (nSPS) is 14.8. The van der Waals surface area contributed by atoms with Gasteiger partial charge in [-0.1, -0.05) is 30.4 Å². The van der Waals surface area contributed by atoms with Gasteiger partial charge in [-0.2, -0.15) is 0 Å². The second-order valence-electron chi connectivity index (χ2n) is 4.05. The molecule has 1 fully saturated rings. The van der Waals surface area contributed by atoms with Crippen LogP contribution in [0.5, 0.6) is 0 Å². The molecule has 1 heterocycles. The summed E-state index contributed by atoms with van der Waals surface area (Å²) in [7, 11) is 0. The predicted molar refractivity (Wildman–Crippen MR) is 73.9 cm³/mol. The average molecular weight is 278 g/mol. The lowest BCUT2D eigenvalue weighted by Crippen LogP contribution is -2.48. The number of nitrogens with one attached hydrogen (secondary N) is 1. The van der Waals surface area contributed by atoms with Gasteiger partial charge >= 0.3 is 0 Å². The molecule has 6 heteroatoms. The standard InChI is InChI=1S/C13H14N2O3S/c16-11(10-4-2-1-3-5-10)14-12(17)13(19)15-6-8-18-9-7-15/h1-5H,6-9H2,(H,14,16,17). The molecule has 0 aromatic heterocycles. The Balaban J connectivity index is 1.93. The number of carbonyl (C=O) groups excluding carboxylic acids is 2. The highest BCUT2D eigenvalue weighted by Gasteiger charge is 2.21. The largest absolute Gasteiger partial charge is 0.378 e. The number of carbonyl (C=O) groups is 2. The average Bonchev–Trinajstić information content (AvgIpc) is 2.48. The summed E-state index contributed by atoms with van der Waals surface area (Å²) in [5.41, 5.74) is 0.431. The van der Waals surface area contributed by atoms with Gasteiger partial charge in [-0.3, -0.25) is 14.9 Å². The molecular formula is C13H14N2O3S. The Kier molecular flexibility index (Phi) is 4.59. The zero-order valence-corrected chi connectivity index (χ0v) is 11.1. The molecule has 0 saturated carbocycles. The SMILES string of the molecule is O=C(NC(=O)c1ccccc1)C(=S)N1CCOCC1. The lowest BCUT2D eigenvalue weighted by atomic mass is 10.2. The Morgan fingerprint density at radius 2 is 1.79 bits per heavy atom. The molecular weight excluding hydrogens is 264 g/mol. The number of benzene rings is 1. The summed E-state index contributed by atoms with van der Waals surface area (Å²) in [6, 6.07) is 8.55. The number of imide groups is 1. The first-order chi connectivity index (χ1) is 9.18. The van der Waals surface area contributed by atoms with Crippen LogP contribution in [0.1, 0.15) is 10.4 Å². The topological polar surface area (TPSA) is 58.6 Å². The first-order valence-electron chi connectivity index (χ1n) is 5.96. The highest BCUT2D eigenvalue weighted by molar-refractivity contribution is 7.82. The molecule has 2 rings (SSSR count). The van der Waals surface area contributed by atoms with Crippen molar-refractivity contribution < 1.29 is 14.3 Å². The van der Waals surface area contributed by atoms with E-state index < -0.39 is 11.8 Å². The van der Waals surface area contributed by atoms with E-state index in [1.54, 1.807) is 35.2 Å². The van der Waals surface area contributed by atoms with Crippen molar-refractivity contribution in [2.45, 2.75) is 0 Å². The number of hydrogen-bond acceptors (Lipinski definition) is 4. The third-order valence-corrected chi connectivity index (χ3v) is 3.20. The highest BCUT2D eigenvalue weighted by Crippen LogP contribution is 2.01. The molecule has 1 aromatic carbocycles. The van der Waals surface area contributed by atoms with Gasteiger partial charge in [0.25, 0.3) is 11.8 Å². The van der Waals surface area contributed by atoms with E-state index in [0.29, 0.717) is 31.9 Å². The summed E-state index contributed by atoms with van der Waals surface area (Å²) < 4.78 is 5.18. The minimum Gasteiger partial charge on any atom is -0.378 e. The highest BCUT2D eigenvalue weighted by atomic mass is 32.1. The van der Waals surface area contributed by atoms with Gasteiger partial charge in [0.2, 0.25) is 0 Å². The van der Waals surface area contributed by atoms with Crippen molar-refractivity contribution in [3.63, 3.8) is 0 Å². The van der Waals surface area contributed by atoms with Gasteiger partial charge in [0.05, 0.1) is 13.2 Å². The second kappa shape index (κ2) is 6.40. The van der Waals surface area contributed by atoms with E-state index in [0.717, 1.165) is 0 Å². The van der Waals surface area contributed by atoms with Gasteiger partial charge in [-0.15, -0.1) is 0 Å². The third-order valence-electron chi connectivity index (χ3n) is 2.76. The summed E-state index contributed by atoms with van der Waals surface area (Å²) in [4.78, 5) is 25.6. The number of nitrogens with zero attached hydrogens (tertiary/aromatic N) is 1. The first kappa shape index (κ1) is 13.6. The summed E-state index contributed by atoms with van der Waals surface area (Å²) in [6.07, 6.45) is 0. The summed E-state index contributed by atoms with van der Waals surface area (Å²) in [6.45, 7) is 2.23. The maximum Gasteiger partial charge on any atom is 0.285 e. The van der Waals surface area contributed by atoms with Crippen molar-refractivity contribution in [3.05, 3.63) is 35.9 Å². The molecule has 5 nitrogen and oxygen atoms in total.